The van der Waals surface area contributed by atoms with Gasteiger partial charge in [0.2, 0.25) is 11.8 Å². The van der Waals surface area contributed by atoms with Gasteiger partial charge in [-0.1, -0.05) is 12.1 Å². The number of fused-ring (bicyclic) bond motifs is 2. The third-order valence-corrected chi connectivity index (χ3v) is 5.89. The van der Waals surface area contributed by atoms with Crippen LogP contribution in [0.5, 0.6) is 0 Å². The second-order valence-corrected chi connectivity index (χ2v) is 7.23. The third kappa shape index (κ3) is 2.40. The zero-order chi connectivity index (χ0) is 15.1. The number of rotatable bonds is 2. The van der Waals surface area contributed by atoms with E-state index in [0.29, 0.717) is 17.6 Å². The number of nitrogens with one attached hydrogen (secondary N) is 1. The summed E-state index contributed by atoms with van der Waals surface area (Å²) in [7, 11) is 0. The maximum atomic E-state index is 12.6. The summed E-state index contributed by atoms with van der Waals surface area (Å²) in [4.78, 5) is 29.5. The fraction of sp³-hybridized carbons (Fsp3) is 0.500. The molecule has 2 fully saturated rings. The maximum Gasteiger partial charge on any atom is 0.242 e. The SMILES string of the molecule is O=C(CN1C(=O)CSc2ccccc21)N1C[C@H]2CNC[C@H]2C1. The number of likely N-dealkylation sites (tertiary alicyclic amines) is 1. The Bertz CT molecular complexity index is 609. The van der Waals surface area contributed by atoms with E-state index in [-0.39, 0.29) is 18.4 Å². The van der Waals surface area contributed by atoms with Crippen LogP contribution in [0.1, 0.15) is 0 Å². The molecule has 1 aromatic carbocycles. The molecule has 3 aliphatic heterocycles. The van der Waals surface area contributed by atoms with E-state index in [1.807, 2.05) is 29.2 Å². The molecule has 2 atom stereocenters. The van der Waals surface area contributed by atoms with Crippen LogP contribution in [-0.2, 0) is 9.59 Å². The van der Waals surface area contributed by atoms with Gasteiger partial charge in [-0.05, 0) is 24.0 Å². The Morgan fingerprint density at radius 1 is 1.23 bits per heavy atom. The van der Waals surface area contributed by atoms with Gasteiger partial charge in [0.1, 0.15) is 6.54 Å². The lowest BCUT2D eigenvalue weighted by Crippen LogP contribution is -2.45. The summed E-state index contributed by atoms with van der Waals surface area (Å²) >= 11 is 1.55. The second kappa shape index (κ2) is 5.59. The second-order valence-electron chi connectivity index (χ2n) is 6.21. The number of carbonyl (C=O) groups excluding carboxylic acids is 2. The van der Waals surface area contributed by atoms with Gasteiger partial charge < -0.3 is 15.1 Å². The van der Waals surface area contributed by atoms with Crippen LogP contribution >= 0.6 is 11.8 Å². The van der Waals surface area contributed by atoms with Crippen molar-refractivity contribution < 1.29 is 9.59 Å². The van der Waals surface area contributed by atoms with E-state index in [2.05, 4.69) is 5.32 Å². The number of amides is 2. The van der Waals surface area contributed by atoms with Crippen LogP contribution in [0.4, 0.5) is 5.69 Å². The molecule has 0 saturated carbocycles. The molecule has 5 nitrogen and oxygen atoms in total. The van der Waals surface area contributed by atoms with E-state index in [4.69, 9.17) is 0 Å². The monoisotopic (exact) mass is 317 g/mol. The highest BCUT2D eigenvalue weighted by Crippen LogP contribution is 2.35. The largest absolute Gasteiger partial charge is 0.340 e. The Morgan fingerprint density at radius 2 is 1.95 bits per heavy atom. The molecule has 0 bridgehead atoms. The summed E-state index contributed by atoms with van der Waals surface area (Å²) in [6, 6.07) is 7.82. The Balaban J connectivity index is 1.49. The first-order valence-corrected chi connectivity index (χ1v) is 8.71. The van der Waals surface area contributed by atoms with Gasteiger partial charge in [0.05, 0.1) is 11.4 Å². The predicted molar refractivity (Wildman–Crippen MR) is 85.9 cm³/mol. The van der Waals surface area contributed by atoms with Crippen molar-refractivity contribution in [3.05, 3.63) is 24.3 Å². The van der Waals surface area contributed by atoms with Crippen LogP contribution in [-0.4, -0.2) is 55.2 Å². The smallest absolute Gasteiger partial charge is 0.242 e. The van der Waals surface area contributed by atoms with Crippen molar-refractivity contribution in [2.45, 2.75) is 4.90 Å². The molecule has 0 aromatic heterocycles. The van der Waals surface area contributed by atoms with Gasteiger partial charge >= 0.3 is 0 Å². The van der Waals surface area contributed by atoms with Crippen molar-refractivity contribution in [3.63, 3.8) is 0 Å². The number of para-hydroxylation sites is 1. The first-order chi connectivity index (χ1) is 10.7. The van der Waals surface area contributed by atoms with E-state index >= 15 is 0 Å². The molecule has 0 radical (unpaired) electrons. The predicted octanol–water partition coefficient (Wildman–Crippen LogP) is 0.803. The van der Waals surface area contributed by atoms with Gasteiger partial charge in [0.15, 0.2) is 0 Å². The molecule has 22 heavy (non-hydrogen) atoms. The number of hydrogen-bond acceptors (Lipinski definition) is 4. The van der Waals surface area contributed by atoms with Gasteiger partial charge in [-0.2, -0.15) is 0 Å². The van der Waals surface area contributed by atoms with Gasteiger partial charge in [0, 0.05) is 31.1 Å². The lowest BCUT2D eigenvalue weighted by molar-refractivity contribution is -0.130. The maximum absolute atomic E-state index is 12.6. The summed E-state index contributed by atoms with van der Waals surface area (Å²) in [5, 5.41) is 3.38. The molecule has 116 valence electrons. The first-order valence-electron chi connectivity index (χ1n) is 7.73. The fourth-order valence-corrected chi connectivity index (χ4v) is 4.56. The van der Waals surface area contributed by atoms with Crippen LogP contribution in [0.2, 0.25) is 0 Å². The molecule has 1 N–H and O–H groups in total. The number of hydrogen-bond donors (Lipinski definition) is 1. The molecule has 1 aromatic rings. The Kier molecular flexibility index (Phi) is 3.58. The minimum Gasteiger partial charge on any atom is -0.340 e. The molecule has 2 amide bonds. The quantitative estimate of drug-likeness (QED) is 0.877. The third-order valence-electron chi connectivity index (χ3n) is 4.84. The number of benzene rings is 1. The van der Waals surface area contributed by atoms with Crippen molar-refractivity contribution in [1.29, 1.82) is 0 Å². The summed E-state index contributed by atoms with van der Waals surface area (Å²) in [6.07, 6.45) is 0. The fourth-order valence-electron chi connectivity index (χ4n) is 3.62. The zero-order valence-electron chi connectivity index (χ0n) is 12.3. The van der Waals surface area contributed by atoms with Crippen molar-refractivity contribution in [2.24, 2.45) is 11.8 Å². The van der Waals surface area contributed by atoms with E-state index < -0.39 is 0 Å². The molecule has 3 aliphatic rings. The molecular formula is C16H19N3O2S. The molecule has 4 rings (SSSR count). The van der Waals surface area contributed by atoms with Crippen LogP contribution in [0.3, 0.4) is 0 Å². The van der Waals surface area contributed by atoms with Crippen LogP contribution in [0.15, 0.2) is 29.2 Å². The van der Waals surface area contributed by atoms with Crippen LogP contribution in [0, 0.1) is 11.8 Å². The molecule has 2 saturated heterocycles. The first kappa shape index (κ1) is 14.1. The minimum atomic E-state index is 0.0260. The summed E-state index contributed by atoms with van der Waals surface area (Å²) in [6.45, 7) is 3.85. The van der Waals surface area contributed by atoms with E-state index in [1.165, 1.54) is 0 Å². The van der Waals surface area contributed by atoms with Crippen molar-refractivity contribution >= 4 is 29.3 Å². The molecule has 0 spiro atoms. The van der Waals surface area contributed by atoms with Gasteiger partial charge in [-0.3, -0.25) is 9.59 Å². The highest BCUT2D eigenvalue weighted by Gasteiger charge is 2.39. The minimum absolute atomic E-state index is 0.0260. The normalized spacial score (nSPS) is 27.0. The summed E-state index contributed by atoms with van der Waals surface area (Å²) < 4.78 is 0. The van der Waals surface area contributed by atoms with Crippen LogP contribution < -0.4 is 10.2 Å². The van der Waals surface area contributed by atoms with Crippen molar-refractivity contribution in [2.75, 3.05) is 43.4 Å². The number of carbonyl (C=O) groups is 2. The molecular weight excluding hydrogens is 298 g/mol. The average Bonchev–Trinajstić information content (AvgIpc) is 3.11. The topological polar surface area (TPSA) is 52.7 Å². The van der Waals surface area contributed by atoms with Gasteiger partial charge in [-0.15, -0.1) is 11.8 Å². The highest BCUT2D eigenvalue weighted by molar-refractivity contribution is 8.00. The Hall–Kier alpha value is -1.53. The number of thioether (sulfide) groups is 1. The van der Waals surface area contributed by atoms with E-state index in [1.54, 1.807) is 16.7 Å². The van der Waals surface area contributed by atoms with Crippen LogP contribution in [0.25, 0.3) is 0 Å². The summed E-state index contributed by atoms with van der Waals surface area (Å²) in [5.74, 6) is 1.69. The van der Waals surface area contributed by atoms with E-state index in [0.717, 1.165) is 36.8 Å². The summed E-state index contributed by atoms with van der Waals surface area (Å²) in [5.41, 5.74) is 0.873. The number of nitrogens with zero attached hydrogens (tertiary/aromatic N) is 2. The van der Waals surface area contributed by atoms with Gasteiger partial charge in [0.25, 0.3) is 0 Å². The highest BCUT2D eigenvalue weighted by atomic mass is 32.2. The van der Waals surface area contributed by atoms with Crippen molar-refractivity contribution in [3.8, 4) is 0 Å². The Labute approximate surface area is 134 Å². The Morgan fingerprint density at radius 3 is 2.73 bits per heavy atom. The standard InChI is InChI=1S/C16H19N3O2S/c20-15(18-7-11-5-17-6-12(11)8-18)9-19-13-3-1-2-4-14(13)22-10-16(19)21/h1-4,11-12,17H,5-10H2/t11-,12+. The zero-order valence-corrected chi connectivity index (χ0v) is 13.1. The number of anilines is 1. The van der Waals surface area contributed by atoms with Crippen molar-refractivity contribution in [1.82, 2.24) is 10.2 Å². The molecule has 3 heterocycles. The molecule has 0 aliphatic carbocycles. The average molecular weight is 317 g/mol. The molecule has 6 heteroatoms. The molecule has 0 unspecified atom stereocenters. The van der Waals surface area contributed by atoms with Gasteiger partial charge in [-0.25, -0.2) is 0 Å². The lowest BCUT2D eigenvalue weighted by Gasteiger charge is -2.30. The van der Waals surface area contributed by atoms with E-state index in [9.17, 15) is 9.59 Å². The lowest BCUT2D eigenvalue weighted by atomic mass is 10.0.